The third kappa shape index (κ3) is 2.20. The van der Waals surface area contributed by atoms with E-state index in [1.165, 1.54) is 0 Å². The molecule has 5 heteroatoms. The van der Waals surface area contributed by atoms with Gasteiger partial charge >= 0.3 is 0 Å². The summed E-state index contributed by atoms with van der Waals surface area (Å²) in [7, 11) is 0. The molecule has 0 aromatic carbocycles. The van der Waals surface area contributed by atoms with Crippen LogP contribution >= 0.6 is 22.6 Å². The van der Waals surface area contributed by atoms with Crippen molar-refractivity contribution in [3.63, 3.8) is 0 Å². The van der Waals surface area contributed by atoms with E-state index in [4.69, 9.17) is 0 Å². The van der Waals surface area contributed by atoms with Crippen molar-refractivity contribution in [3.05, 3.63) is 15.5 Å². The number of carboxylic acid groups (broad SMARTS) is 1. The number of aromatic nitrogens is 2. The molecule has 0 atom stereocenters. The molecule has 1 aromatic rings. The molecule has 4 nitrogen and oxygen atoms in total. The summed E-state index contributed by atoms with van der Waals surface area (Å²) in [6.07, 6.45) is 1.73. The van der Waals surface area contributed by atoms with Gasteiger partial charge in [-0.2, -0.15) is 5.10 Å². The van der Waals surface area contributed by atoms with Gasteiger partial charge in [0.05, 0.1) is 9.77 Å². The van der Waals surface area contributed by atoms with E-state index in [2.05, 4.69) is 27.7 Å². The van der Waals surface area contributed by atoms with E-state index in [-0.39, 0.29) is 6.42 Å². The quantitative estimate of drug-likeness (QED) is 0.728. The van der Waals surface area contributed by atoms with E-state index in [0.29, 0.717) is 6.54 Å². The third-order valence-electron chi connectivity index (χ3n) is 1.57. The fourth-order valence-corrected chi connectivity index (χ4v) is 1.25. The summed E-state index contributed by atoms with van der Waals surface area (Å²) in [5.41, 5.74) is 0.997. The number of aryl methyl sites for hydroxylation is 1. The molecule has 0 aliphatic rings. The first kappa shape index (κ1) is 9.50. The molecule has 0 N–H and O–H groups in total. The molecule has 0 saturated heterocycles. The molecule has 1 rings (SSSR count). The van der Waals surface area contributed by atoms with Crippen molar-refractivity contribution in [1.82, 2.24) is 9.78 Å². The second-order valence-corrected chi connectivity index (χ2v) is 3.59. The number of carbonyl (C=O) groups is 1. The Hall–Kier alpha value is -0.590. The predicted octanol–water partition coefficient (Wildman–Crippen LogP) is -0.0639. The molecular formula is C7H8IN2O2-. The minimum Gasteiger partial charge on any atom is -0.550 e. The van der Waals surface area contributed by atoms with E-state index >= 15 is 0 Å². The molecule has 1 heterocycles. The van der Waals surface area contributed by atoms with Gasteiger partial charge in [0.1, 0.15) is 0 Å². The lowest BCUT2D eigenvalue weighted by Gasteiger charge is -2.04. The molecule has 66 valence electrons. The smallest absolute Gasteiger partial charge is 0.0626 e. The normalized spacial score (nSPS) is 10.2. The molecule has 0 aliphatic heterocycles. The van der Waals surface area contributed by atoms with Gasteiger partial charge in [-0.15, -0.1) is 0 Å². The van der Waals surface area contributed by atoms with Crippen LogP contribution < -0.4 is 5.11 Å². The Kier molecular flexibility index (Phi) is 3.07. The number of carboxylic acids is 1. The number of halogens is 1. The van der Waals surface area contributed by atoms with Crippen molar-refractivity contribution in [2.45, 2.75) is 19.9 Å². The van der Waals surface area contributed by atoms with E-state index in [1.807, 2.05) is 6.92 Å². The maximum Gasteiger partial charge on any atom is 0.0626 e. The molecule has 0 aliphatic carbocycles. The highest BCUT2D eigenvalue weighted by atomic mass is 127. The number of hydrogen-bond donors (Lipinski definition) is 0. The van der Waals surface area contributed by atoms with E-state index < -0.39 is 5.97 Å². The van der Waals surface area contributed by atoms with Crippen LogP contribution in [0.4, 0.5) is 0 Å². The summed E-state index contributed by atoms with van der Waals surface area (Å²) in [4.78, 5) is 10.1. The first-order valence-corrected chi connectivity index (χ1v) is 4.57. The van der Waals surface area contributed by atoms with Crippen LogP contribution in [-0.2, 0) is 11.3 Å². The summed E-state index contributed by atoms with van der Waals surface area (Å²) in [6.45, 7) is 2.29. The summed E-state index contributed by atoms with van der Waals surface area (Å²) in [6, 6.07) is 0. The highest BCUT2D eigenvalue weighted by Crippen LogP contribution is 2.09. The van der Waals surface area contributed by atoms with Gasteiger partial charge in [0.15, 0.2) is 0 Å². The Morgan fingerprint density at radius 2 is 2.50 bits per heavy atom. The third-order valence-corrected chi connectivity index (χ3v) is 2.63. The van der Waals surface area contributed by atoms with Crippen molar-refractivity contribution >= 4 is 28.6 Å². The molecule has 0 spiro atoms. The number of carbonyl (C=O) groups excluding carboxylic acids is 1. The van der Waals surface area contributed by atoms with Gasteiger partial charge in [0.25, 0.3) is 0 Å². The minimum atomic E-state index is -1.04. The summed E-state index contributed by atoms with van der Waals surface area (Å²) in [5.74, 6) is -1.04. The van der Waals surface area contributed by atoms with Crippen LogP contribution in [0.5, 0.6) is 0 Å². The van der Waals surface area contributed by atoms with Gasteiger partial charge in [-0.1, -0.05) is 0 Å². The van der Waals surface area contributed by atoms with Gasteiger partial charge in [0.2, 0.25) is 0 Å². The molecule has 12 heavy (non-hydrogen) atoms. The van der Waals surface area contributed by atoms with Crippen LogP contribution in [0.2, 0.25) is 0 Å². The lowest BCUT2D eigenvalue weighted by molar-refractivity contribution is -0.306. The van der Waals surface area contributed by atoms with Crippen LogP contribution in [0.15, 0.2) is 6.20 Å². The fraction of sp³-hybridized carbons (Fsp3) is 0.429. The average molecular weight is 279 g/mol. The zero-order chi connectivity index (χ0) is 9.14. The molecule has 0 fully saturated rings. The number of nitrogens with zero attached hydrogens (tertiary/aromatic N) is 2. The van der Waals surface area contributed by atoms with Gasteiger partial charge in [-0.05, 0) is 29.5 Å². The van der Waals surface area contributed by atoms with Crippen LogP contribution in [0.1, 0.15) is 12.1 Å². The summed E-state index contributed by atoms with van der Waals surface area (Å²) in [5, 5.41) is 14.1. The molecule has 0 bridgehead atoms. The van der Waals surface area contributed by atoms with Crippen molar-refractivity contribution in [2.75, 3.05) is 0 Å². The molecular weight excluding hydrogens is 271 g/mol. The van der Waals surface area contributed by atoms with Crippen LogP contribution in [0, 0.1) is 10.5 Å². The zero-order valence-electron chi connectivity index (χ0n) is 6.58. The first-order chi connectivity index (χ1) is 5.61. The molecule has 0 saturated carbocycles. The molecule has 0 radical (unpaired) electrons. The monoisotopic (exact) mass is 279 g/mol. The maximum atomic E-state index is 10.1. The summed E-state index contributed by atoms with van der Waals surface area (Å²) < 4.78 is 2.71. The first-order valence-electron chi connectivity index (χ1n) is 3.49. The van der Waals surface area contributed by atoms with Crippen LogP contribution in [-0.4, -0.2) is 15.7 Å². The SMILES string of the molecule is Cc1c(I)cnn1CCC(=O)[O-]. The standard InChI is InChI=1S/C7H9IN2O2/c1-5-6(8)4-9-10(5)3-2-7(11)12/h4H,2-3H2,1H3,(H,11,12)/p-1. The Morgan fingerprint density at radius 3 is 2.92 bits per heavy atom. The van der Waals surface area contributed by atoms with Crippen molar-refractivity contribution in [1.29, 1.82) is 0 Å². The lowest BCUT2D eigenvalue weighted by Crippen LogP contribution is -2.24. The fourth-order valence-electron chi connectivity index (χ4n) is 0.846. The van der Waals surface area contributed by atoms with Crippen molar-refractivity contribution in [3.8, 4) is 0 Å². The highest BCUT2D eigenvalue weighted by Gasteiger charge is 2.01. The Balaban J connectivity index is 2.63. The van der Waals surface area contributed by atoms with Crippen molar-refractivity contribution < 1.29 is 9.90 Å². The second-order valence-electron chi connectivity index (χ2n) is 2.42. The number of aliphatic carboxylic acids is 1. The maximum absolute atomic E-state index is 10.1. The average Bonchev–Trinajstić information content (AvgIpc) is 2.30. The van der Waals surface area contributed by atoms with E-state index in [1.54, 1.807) is 10.9 Å². The predicted molar refractivity (Wildman–Crippen MR) is 49.3 cm³/mol. The molecule has 0 unspecified atom stereocenters. The van der Waals surface area contributed by atoms with Gasteiger partial charge < -0.3 is 9.90 Å². The number of rotatable bonds is 3. The Bertz CT molecular complexity index is 296. The van der Waals surface area contributed by atoms with Gasteiger partial charge in [0, 0.05) is 24.6 Å². The highest BCUT2D eigenvalue weighted by molar-refractivity contribution is 14.1. The second kappa shape index (κ2) is 3.88. The Labute approximate surface area is 83.7 Å². The van der Waals surface area contributed by atoms with Crippen LogP contribution in [0.25, 0.3) is 0 Å². The van der Waals surface area contributed by atoms with Crippen molar-refractivity contribution in [2.24, 2.45) is 0 Å². The Morgan fingerprint density at radius 1 is 1.83 bits per heavy atom. The van der Waals surface area contributed by atoms with E-state index in [0.717, 1.165) is 9.26 Å². The zero-order valence-corrected chi connectivity index (χ0v) is 8.74. The number of hydrogen-bond acceptors (Lipinski definition) is 3. The summed E-state index contributed by atoms with van der Waals surface area (Å²) >= 11 is 2.16. The van der Waals surface area contributed by atoms with Gasteiger partial charge in [-0.25, -0.2) is 0 Å². The van der Waals surface area contributed by atoms with Crippen LogP contribution in [0.3, 0.4) is 0 Å². The molecule has 1 aromatic heterocycles. The van der Waals surface area contributed by atoms with Gasteiger partial charge in [-0.3, -0.25) is 4.68 Å². The lowest BCUT2D eigenvalue weighted by atomic mass is 10.4. The minimum absolute atomic E-state index is 0.0125. The topological polar surface area (TPSA) is 58.0 Å². The van der Waals surface area contributed by atoms with E-state index in [9.17, 15) is 9.90 Å². The molecule has 0 amide bonds. The largest absolute Gasteiger partial charge is 0.550 e.